The van der Waals surface area contributed by atoms with Crippen molar-refractivity contribution in [3.63, 3.8) is 0 Å². The molecule has 0 aliphatic carbocycles. The molecule has 0 aliphatic rings. The minimum atomic E-state index is -3.73. The molecule has 114 valence electrons. The van der Waals surface area contributed by atoms with Gasteiger partial charge in [-0.2, -0.15) is 0 Å². The van der Waals surface area contributed by atoms with Gasteiger partial charge in [0.25, 0.3) is 10.0 Å². The zero-order valence-electron chi connectivity index (χ0n) is 12.1. The molecule has 2 rings (SSSR count). The van der Waals surface area contributed by atoms with Crippen molar-refractivity contribution in [2.24, 2.45) is 0 Å². The third-order valence-corrected chi connectivity index (χ3v) is 6.08. The molecule has 1 heterocycles. The van der Waals surface area contributed by atoms with Gasteiger partial charge in [0, 0.05) is 10.4 Å². The van der Waals surface area contributed by atoms with Crippen LogP contribution in [0.15, 0.2) is 23.1 Å². The zero-order chi connectivity index (χ0) is 15.8. The second kappa shape index (κ2) is 5.55. The van der Waals surface area contributed by atoms with Crippen molar-refractivity contribution in [2.75, 3.05) is 4.72 Å². The monoisotopic (exact) mass is 345 g/mol. The summed E-state index contributed by atoms with van der Waals surface area (Å²) >= 11 is 7.20. The Hall–Kier alpha value is -1.18. The highest BCUT2D eigenvalue weighted by atomic mass is 35.5. The summed E-state index contributed by atoms with van der Waals surface area (Å²) in [7, 11) is -3.73. The number of sulfonamides is 1. The number of hydrogen-bond acceptors (Lipinski definition) is 5. The first-order valence-electron chi connectivity index (χ1n) is 6.23. The Morgan fingerprint density at radius 2 is 1.90 bits per heavy atom. The van der Waals surface area contributed by atoms with Crippen LogP contribution in [0.1, 0.15) is 31.3 Å². The van der Waals surface area contributed by atoms with Gasteiger partial charge in [-0.15, -0.1) is 10.2 Å². The summed E-state index contributed by atoms with van der Waals surface area (Å²) < 4.78 is 27.3. The molecule has 2 aromatic rings. The number of rotatable bonds is 3. The molecule has 1 N–H and O–H groups in total. The molecule has 0 radical (unpaired) electrons. The number of hydrogen-bond donors (Lipinski definition) is 1. The standard InChI is InChI=1S/C13H16ClN3O2S2/c1-8-9(14)6-5-7-10(8)21(18,19)17-12-16-15-11(20-12)13(2,3)4/h5-7H,1-4H3,(H,16,17). The van der Waals surface area contributed by atoms with E-state index in [1.807, 2.05) is 20.8 Å². The first-order valence-corrected chi connectivity index (χ1v) is 8.91. The Morgan fingerprint density at radius 3 is 2.48 bits per heavy atom. The fraction of sp³-hybridized carbons (Fsp3) is 0.385. The lowest BCUT2D eigenvalue weighted by Gasteiger charge is -2.12. The average Bonchev–Trinajstić information content (AvgIpc) is 2.80. The molecule has 0 fully saturated rings. The van der Waals surface area contributed by atoms with Gasteiger partial charge in [0.05, 0.1) is 4.90 Å². The van der Waals surface area contributed by atoms with Crippen LogP contribution < -0.4 is 4.72 Å². The van der Waals surface area contributed by atoms with Crippen LogP contribution in [0.5, 0.6) is 0 Å². The molecule has 0 saturated heterocycles. The van der Waals surface area contributed by atoms with Gasteiger partial charge in [-0.25, -0.2) is 8.42 Å². The second-order valence-electron chi connectivity index (χ2n) is 5.63. The summed E-state index contributed by atoms with van der Waals surface area (Å²) in [5, 5.41) is 9.34. The predicted octanol–water partition coefficient (Wildman–Crippen LogP) is 3.60. The number of halogens is 1. The Kier molecular flexibility index (Phi) is 4.28. The van der Waals surface area contributed by atoms with Gasteiger partial charge in [-0.05, 0) is 24.6 Å². The van der Waals surface area contributed by atoms with Crippen molar-refractivity contribution in [2.45, 2.75) is 38.0 Å². The maximum atomic E-state index is 12.4. The molecule has 5 nitrogen and oxygen atoms in total. The van der Waals surface area contributed by atoms with E-state index in [0.717, 1.165) is 5.01 Å². The molecule has 0 aliphatic heterocycles. The minimum absolute atomic E-state index is 0.141. The van der Waals surface area contributed by atoms with E-state index in [4.69, 9.17) is 11.6 Å². The van der Waals surface area contributed by atoms with Gasteiger partial charge < -0.3 is 0 Å². The van der Waals surface area contributed by atoms with E-state index in [-0.39, 0.29) is 15.4 Å². The molecule has 1 aromatic carbocycles. The Balaban J connectivity index is 2.34. The van der Waals surface area contributed by atoms with Crippen molar-refractivity contribution >= 4 is 38.1 Å². The molecule has 0 atom stereocenters. The fourth-order valence-electron chi connectivity index (χ4n) is 1.62. The zero-order valence-corrected chi connectivity index (χ0v) is 14.5. The molecule has 0 amide bonds. The summed E-state index contributed by atoms with van der Waals surface area (Å²) in [5.74, 6) is 0. The highest BCUT2D eigenvalue weighted by Crippen LogP contribution is 2.30. The Morgan fingerprint density at radius 1 is 1.24 bits per heavy atom. The molecule has 0 bridgehead atoms. The Labute approximate surface area is 133 Å². The maximum Gasteiger partial charge on any atom is 0.264 e. The van der Waals surface area contributed by atoms with E-state index in [1.54, 1.807) is 19.1 Å². The van der Waals surface area contributed by atoms with Crippen LogP contribution in [-0.4, -0.2) is 18.6 Å². The summed E-state index contributed by atoms with van der Waals surface area (Å²) in [6.07, 6.45) is 0. The summed E-state index contributed by atoms with van der Waals surface area (Å²) in [6.45, 7) is 7.64. The van der Waals surface area contributed by atoms with E-state index in [9.17, 15) is 8.42 Å². The second-order valence-corrected chi connectivity index (χ2v) is 8.67. The minimum Gasteiger partial charge on any atom is -0.253 e. The lowest BCUT2D eigenvalue weighted by atomic mass is 9.98. The quantitative estimate of drug-likeness (QED) is 0.922. The van der Waals surface area contributed by atoms with Crippen LogP contribution in [0.25, 0.3) is 0 Å². The van der Waals surface area contributed by atoms with Gasteiger partial charge in [-0.3, -0.25) is 4.72 Å². The maximum absolute atomic E-state index is 12.4. The lowest BCUT2D eigenvalue weighted by molar-refractivity contribution is 0.578. The van der Waals surface area contributed by atoms with Crippen LogP contribution in [0, 0.1) is 6.92 Å². The summed E-state index contributed by atoms with van der Waals surface area (Å²) in [6, 6.07) is 4.76. The molecule has 0 saturated carbocycles. The smallest absolute Gasteiger partial charge is 0.253 e. The number of anilines is 1. The average molecular weight is 346 g/mol. The molecule has 8 heteroatoms. The predicted molar refractivity (Wildman–Crippen MR) is 85.6 cm³/mol. The third-order valence-electron chi connectivity index (χ3n) is 2.80. The van der Waals surface area contributed by atoms with Gasteiger partial charge in [0.15, 0.2) is 0 Å². The van der Waals surface area contributed by atoms with Gasteiger partial charge >= 0.3 is 0 Å². The molecular weight excluding hydrogens is 330 g/mol. The Bertz CT molecular complexity index is 764. The number of nitrogens with zero attached hydrogens (tertiary/aromatic N) is 2. The fourth-order valence-corrected chi connectivity index (χ4v) is 4.15. The molecule has 1 aromatic heterocycles. The first-order chi connectivity index (χ1) is 9.61. The molecular formula is C13H16ClN3O2S2. The van der Waals surface area contributed by atoms with E-state index >= 15 is 0 Å². The van der Waals surface area contributed by atoms with E-state index in [1.165, 1.54) is 17.4 Å². The van der Waals surface area contributed by atoms with Gasteiger partial charge in [-0.1, -0.05) is 49.8 Å². The SMILES string of the molecule is Cc1c(Cl)cccc1S(=O)(=O)Nc1nnc(C(C)(C)C)s1. The van der Waals surface area contributed by atoms with Crippen LogP contribution in [0.3, 0.4) is 0 Å². The summed E-state index contributed by atoms with van der Waals surface area (Å²) in [5.41, 5.74) is 0.333. The first kappa shape index (κ1) is 16.2. The highest BCUT2D eigenvalue weighted by molar-refractivity contribution is 7.93. The van der Waals surface area contributed by atoms with Crippen molar-refractivity contribution in [1.29, 1.82) is 0 Å². The molecule has 21 heavy (non-hydrogen) atoms. The van der Waals surface area contributed by atoms with Crippen molar-refractivity contribution < 1.29 is 8.42 Å². The van der Waals surface area contributed by atoms with E-state index in [0.29, 0.717) is 10.6 Å². The highest BCUT2D eigenvalue weighted by Gasteiger charge is 2.23. The molecule has 0 unspecified atom stereocenters. The molecule has 0 spiro atoms. The van der Waals surface area contributed by atoms with E-state index < -0.39 is 10.0 Å². The van der Waals surface area contributed by atoms with Gasteiger partial charge in [0.2, 0.25) is 5.13 Å². The topological polar surface area (TPSA) is 72.0 Å². The number of aromatic nitrogens is 2. The third kappa shape index (κ3) is 3.53. The van der Waals surface area contributed by atoms with Crippen molar-refractivity contribution in [1.82, 2.24) is 10.2 Å². The normalized spacial score (nSPS) is 12.4. The summed E-state index contributed by atoms with van der Waals surface area (Å²) in [4.78, 5) is 0.141. The largest absolute Gasteiger partial charge is 0.264 e. The van der Waals surface area contributed by atoms with Crippen LogP contribution >= 0.6 is 22.9 Å². The number of benzene rings is 1. The van der Waals surface area contributed by atoms with Crippen LogP contribution in [-0.2, 0) is 15.4 Å². The van der Waals surface area contributed by atoms with Gasteiger partial charge in [0.1, 0.15) is 5.01 Å². The van der Waals surface area contributed by atoms with Crippen molar-refractivity contribution in [3.05, 3.63) is 33.8 Å². The van der Waals surface area contributed by atoms with Crippen molar-refractivity contribution in [3.8, 4) is 0 Å². The lowest BCUT2D eigenvalue weighted by Crippen LogP contribution is -2.14. The van der Waals surface area contributed by atoms with Crippen LogP contribution in [0.4, 0.5) is 5.13 Å². The van der Waals surface area contributed by atoms with E-state index in [2.05, 4.69) is 14.9 Å². The number of nitrogens with one attached hydrogen (secondary N) is 1. The van der Waals surface area contributed by atoms with Crippen LogP contribution in [0.2, 0.25) is 5.02 Å².